The first-order valence-electron chi connectivity index (χ1n) is 7.23. The van der Waals surface area contributed by atoms with Crippen LogP contribution in [0.1, 0.15) is 31.4 Å². The number of anilines is 2. The number of nitrogens with zero attached hydrogens (tertiary/aromatic N) is 7. The van der Waals surface area contributed by atoms with Crippen LogP contribution in [0.15, 0.2) is 12.3 Å². The van der Waals surface area contributed by atoms with E-state index >= 15 is 0 Å². The molecule has 2 aromatic heterocycles. The molecule has 0 aromatic carbocycles. The van der Waals surface area contributed by atoms with Gasteiger partial charge in [-0.2, -0.15) is 4.98 Å². The number of hydrogen-bond acceptors (Lipinski definition) is 6. The molecule has 0 N–H and O–H groups in total. The average Bonchev–Trinajstić information content (AvgIpc) is 2.90. The molecule has 1 aliphatic rings. The van der Waals surface area contributed by atoms with Gasteiger partial charge in [0.2, 0.25) is 5.95 Å². The maximum atomic E-state index is 4.59. The van der Waals surface area contributed by atoms with Crippen LogP contribution in [0, 0.1) is 0 Å². The summed E-state index contributed by atoms with van der Waals surface area (Å²) < 4.78 is 2.23. The molecule has 0 bridgehead atoms. The van der Waals surface area contributed by atoms with Crippen molar-refractivity contribution in [2.24, 2.45) is 0 Å². The van der Waals surface area contributed by atoms with Crippen molar-refractivity contribution in [2.75, 3.05) is 30.4 Å². The van der Waals surface area contributed by atoms with Crippen molar-refractivity contribution in [1.29, 1.82) is 0 Å². The lowest BCUT2D eigenvalue weighted by Gasteiger charge is -2.29. The third-order valence-corrected chi connectivity index (χ3v) is 3.65. The van der Waals surface area contributed by atoms with Crippen LogP contribution in [0.5, 0.6) is 0 Å². The van der Waals surface area contributed by atoms with E-state index in [-0.39, 0.29) is 0 Å². The Balaban J connectivity index is 1.85. The molecule has 0 unspecified atom stereocenters. The fourth-order valence-corrected chi connectivity index (χ4v) is 2.53. The molecule has 112 valence electrons. The molecule has 0 aliphatic carbocycles. The van der Waals surface area contributed by atoms with Gasteiger partial charge in [0.1, 0.15) is 11.6 Å². The second kappa shape index (κ2) is 5.31. The molecular weight excluding hydrogens is 266 g/mol. The minimum Gasteiger partial charge on any atom is -0.347 e. The minimum atomic E-state index is 0.400. The molecule has 0 amide bonds. The second-order valence-corrected chi connectivity index (χ2v) is 5.81. The van der Waals surface area contributed by atoms with Gasteiger partial charge in [0.25, 0.3) is 0 Å². The van der Waals surface area contributed by atoms with Crippen LogP contribution in [0.2, 0.25) is 0 Å². The highest BCUT2D eigenvalue weighted by molar-refractivity contribution is 5.43. The first-order valence-corrected chi connectivity index (χ1v) is 7.23. The Morgan fingerprint density at radius 2 is 2.00 bits per heavy atom. The lowest BCUT2D eigenvalue weighted by atomic mass is 10.2. The Morgan fingerprint density at radius 3 is 2.71 bits per heavy atom. The van der Waals surface area contributed by atoms with Gasteiger partial charge in [-0.1, -0.05) is 13.8 Å². The van der Waals surface area contributed by atoms with Crippen molar-refractivity contribution >= 4 is 11.8 Å². The summed E-state index contributed by atoms with van der Waals surface area (Å²) in [7, 11) is 3.89. The zero-order valence-corrected chi connectivity index (χ0v) is 13.0. The molecule has 3 heterocycles. The van der Waals surface area contributed by atoms with Crippen molar-refractivity contribution in [1.82, 2.24) is 24.7 Å². The topological polar surface area (TPSA) is 63.0 Å². The fraction of sp³-hybridized carbons (Fsp3) is 0.571. The number of rotatable bonds is 3. The Bertz CT molecular complexity index is 632. The first kappa shape index (κ1) is 13.8. The highest BCUT2D eigenvalue weighted by Gasteiger charge is 2.23. The van der Waals surface area contributed by atoms with E-state index in [1.165, 1.54) is 0 Å². The third-order valence-electron chi connectivity index (χ3n) is 3.65. The van der Waals surface area contributed by atoms with E-state index in [2.05, 4.69) is 43.5 Å². The van der Waals surface area contributed by atoms with Crippen molar-refractivity contribution in [3.63, 3.8) is 0 Å². The lowest BCUT2D eigenvalue weighted by Crippen LogP contribution is -2.35. The molecule has 0 saturated heterocycles. The summed E-state index contributed by atoms with van der Waals surface area (Å²) in [5, 5.41) is 8.65. The van der Waals surface area contributed by atoms with E-state index in [9.17, 15) is 0 Å². The van der Waals surface area contributed by atoms with E-state index in [1.807, 2.05) is 25.1 Å². The highest BCUT2D eigenvalue weighted by Crippen LogP contribution is 2.22. The summed E-state index contributed by atoms with van der Waals surface area (Å²) in [5.74, 6) is 4.14. The van der Waals surface area contributed by atoms with Gasteiger partial charge in [0.05, 0.1) is 6.54 Å². The highest BCUT2D eigenvalue weighted by atomic mass is 15.4. The fourth-order valence-electron chi connectivity index (χ4n) is 2.53. The van der Waals surface area contributed by atoms with Crippen LogP contribution in [0.4, 0.5) is 11.8 Å². The predicted octanol–water partition coefficient (Wildman–Crippen LogP) is 1.28. The summed E-state index contributed by atoms with van der Waals surface area (Å²) in [6.07, 6.45) is 1.80. The summed E-state index contributed by atoms with van der Waals surface area (Å²) in [6.45, 7) is 6.85. The Morgan fingerprint density at radius 1 is 1.19 bits per heavy atom. The van der Waals surface area contributed by atoms with Gasteiger partial charge < -0.3 is 14.4 Å². The van der Waals surface area contributed by atoms with Gasteiger partial charge in [-0.15, -0.1) is 10.2 Å². The second-order valence-electron chi connectivity index (χ2n) is 5.81. The molecule has 7 heteroatoms. The van der Waals surface area contributed by atoms with E-state index in [1.54, 1.807) is 6.20 Å². The van der Waals surface area contributed by atoms with Crippen LogP contribution in [0.3, 0.4) is 0 Å². The first-order chi connectivity index (χ1) is 10.1. The molecule has 0 saturated carbocycles. The maximum Gasteiger partial charge on any atom is 0.226 e. The average molecular weight is 287 g/mol. The summed E-state index contributed by atoms with van der Waals surface area (Å²) in [6, 6.07) is 1.95. The number of fused-ring (bicyclic) bond motifs is 1. The predicted molar refractivity (Wildman–Crippen MR) is 81.5 cm³/mol. The third kappa shape index (κ3) is 2.55. The monoisotopic (exact) mass is 287 g/mol. The molecule has 2 aromatic rings. The van der Waals surface area contributed by atoms with Crippen LogP contribution in [-0.4, -0.2) is 45.4 Å². The smallest absolute Gasteiger partial charge is 0.226 e. The van der Waals surface area contributed by atoms with Crippen LogP contribution in [0.25, 0.3) is 0 Å². The van der Waals surface area contributed by atoms with E-state index in [0.29, 0.717) is 5.92 Å². The van der Waals surface area contributed by atoms with Crippen molar-refractivity contribution in [3.8, 4) is 0 Å². The minimum absolute atomic E-state index is 0.400. The normalized spacial score (nSPS) is 14.4. The molecule has 3 rings (SSSR count). The van der Waals surface area contributed by atoms with E-state index in [0.717, 1.165) is 43.0 Å². The zero-order valence-electron chi connectivity index (χ0n) is 13.0. The molecule has 21 heavy (non-hydrogen) atoms. The van der Waals surface area contributed by atoms with Gasteiger partial charge >= 0.3 is 0 Å². The Labute approximate surface area is 124 Å². The molecule has 1 aliphatic heterocycles. The number of aromatic nitrogens is 5. The molecule has 0 atom stereocenters. The summed E-state index contributed by atoms with van der Waals surface area (Å²) in [5.41, 5.74) is 0. The van der Waals surface area contributed by atoms with E-state index < -0.39 is 0 Å². The molecule has 0 fully saturated rings. The largest absolute Gasteiger partial charge is 0.347 e. The lowest BCUT2D eigenvalue weighted by molar-refractivity contribution is 0.529. The van der Waals surface area contributed by atoms with Crippen LogP contribution < -0.4 is 9.80 Å². The molecule has 0 radical (unpaired) electrons. The summed E-state index contributed by atoms with van der Waals surface area (Å²) in [4.78, 5) is 13.0. The van der Waals surface area contributed by atoms with Gasteiger partial charge in [0, 0.05) is 39.3 Å². The number of hydrogen-bond donors (Lipinski definition) is 0. The van der Waals surface area contributed by atoms with Crippen LogP contribution in [-0.2, 0) is 13.1 Å². The van der Waals surface area contributed by atoms with Crippen molar-refractivity contribution in [2.45, 2.75) is 32.9 Å². The van der Waals surface area contributed by atoms with Gasteiger partial charge in [-0.05, 0) is 6.07 Å². The molecular formula is C14H21N7. The Hall–Kier alpha value is -2.18. The standard InChI is InChI=1S/C14H21N7/c1-10(2)13-18-17-12-9-20(7-8-21(12)13)11-5-6-15-14(16-11)19(3)4/h5-6,10H,7-9H2,1-4H3. The quantitative estimate of drug-likeness (QED) is 0.847. The van der Waals surface area contributed by atoms with Gasteiger partial charge in [-0.25, -0.2) is 4.98 Å². The molecule has 0 spiro atoms. The SMILES string of the molecule is CC(C)c1nnc2n1CCN(c1ccnc(N(C)C)n1)C2. The Kier molecular flexibility index (Phi) is 3.48. The summed E-state index contributed by atoms with van der Waals surface area (Å²) >= 11 is 0. The van der Waals surface area contributed by atoms with E-state index in [4.69, 9.17) is 0 Å². The van der Waals surface area contributed by atoms with Gasteiger partial charge in [-0.3, -0.25) is 0 Å². The molecule has 7 nitrogen and oxygen atoms in total. The van der Waals surface area contributed by atoms with Crippen LogP contribution >= 0.6 is 0 Å². The maximum absolute atomic E-state index is 4.59. The van der Waals surface area contributed by atoms with Crippen molar-refractivity contribution in [3.05, 3.63) is 23.9 Å². The van der Waals surface area contributed by atoms with Gasteiger partial charge in [0.15, 0.2) is 5.82 Å². The zero-order chi connectivity index (χ0) is 15.0. The van der Waals surface area contributed by atoms with Crippen molar-refractivity contribution < 1.29 is 0 Å².